The molecule has 0 aromatic heterocycles. The van der Waals surface area contributed by atoms with Crippen LogP contribution in [0.15, 0.2) is 12.1 Å². The molecule has 0 aliphatic carbocycles. The van der Waals surface area contributed by atoms with Gasteiger partial charge in [-0.1, -0.05) is 0 Å². The lowest BCUT2D eigenvalue weighted by Gasteiger charge is -2.14. The quantitative estimate of drug-likeness (QED) is 0.818. The topological polar surface area (TPSA) is 54.3 Å². The lowest BCUT2D eigenvalue weighted by molar-refractivity contribution is 0.397. The summed E-state index contributed by atoms with van der Waals surface area (Å²) in [5.74, 6) is 1.24. The van der Waals surface area contributed by atoms with E-state index in [0.29, 0.717) is 17.1 Å². The molecule has 1 rings (SSSR count). The average molecular weight is 206 g/mol. The van der Waals surface area contributed by atoms with Gasteiger partial charge in [-0.15, -0.1) is 0 Å². The average Bonchev–Trinajstić information content (AvgIpc) is 2.29. The number of nitriles is 1. The number of hydrogen-bond donors (Lipinski definition) is 1. The Bertz CT molecular complexity index is 358. The molecule has 0 spiro atoms. The van der Waals surface area contributed by atoms with E-state index >= 15 is 0 Å². The van der Waals surface area contributed by atoms with Gasteiger partial charge < -0.3 is 14.8 Å². The summed E-state index contributed by atoms with van der Waals surface area (Å²) in [6.45, 7) is 2.75. The van der Waals surface area contributed by atoms with Crippen LogP contribution in [0.5, 0.6) is 11.5 Å². The minimum absolute atomic E-state index is 0.519. The number of methoxy groups -OCH3 is 2. The summed E-state index contributed by atoms with van der Waals surface area (Å²) in [6, 6.07) is 5.42. The maximum atomic E-state index is 8.82. The molecule has 15 heavy (non-hydrogen) atoms. The molecule has 0 unspecified atom stereocenters. The first kappa shape index (κ1) is 11.2. The number of anilines is 1. The Hall–Kier alpha value is -1.89. The van der Waals surface area contributed by atoms with Gasteiger partial charge in [0.25, 0.3) is 0 Å². The van der Waals surface area contributed by atoms with Gasteiger partial charge in [-0.05, 0) is 6.92 Å². The Morgan fingerprint density at radius 3 is 2.13 bits per heavy atom. The van der Waals surface area contributed by atoms with E-state index in [1.807, 2.05) is 6.92 Å². The first-order valence-electron chi connectivity index (χ1n) is 4.66. The van der Waals surface area contributed by atoms with Gasteiger partial charge in [-0.2, -0.15) is 5.26 Å². The van der Waals surface area contributed by atoms with Crippen LogP contribution in [0.4, 0.5) is 5.69 Å². The molecular weight excluding hydrogens is 192 g/mol. The fourth-order valence-electron chi connectivity index (χ4n) is 1.33. The Morgan fingerprint density at radius 1 is 1.27 bits per heavy atom. The van der Waals surface area contributed by atoms with E-state index in [1.54, 1.807) is 26.4 Å². The van der Waals surface area contributed by atoms with E-state index in [2.05, 4.69) is 11.4 Å². The highest BCUT2D eigenvalue weighted by atomic mass is 16.5. The second-order valence-electron chi connectivity index (χ2n) is 2.90. The molecule has 0 atom stereocenters. The SMILES string of the molecule is CCNc1c(OC)cc(C#N)cc1OC. The summed E-state index contributed by atoms with van der Waals surface area (Å²) in [7, 11) is 3.13. The predicted molar refractivity (Wildman–Crippen MR) is 58.4 cm³/mol. The summed E-state index contributed by atoms with van der Waals surface area (Å²) < 4.78 is 10.4. The summed E-state index contributed by atoms with van der Waals surface area (Å²) in [5, 5.41) is 12.0. The Balaban J connectivity index is 3.27. The second-order valence-corrected chi connectivity index (χ2v) is 2.90. The lowest BCUT2D eigenvalue weighted by Crippen LogP contribution is -2.02. The smallest absolute Gasteiger partial charge is 0.147 e. The van der Waals surface area contributed by atoms with E-state index in [1.165, 1.54) is 0 Å². The fraction of sp³-hybridized carbons (Fsp3) is 0.364. The highest BCUT2D eigenvalue weighted by Gasteiger charge is 2.11. The molecule has 4 heteroatoms. The molecule has 1 aromatic carbocycles. The van der Waals surface area contributed by atoms with Crippen LogP contribution in [0.2, 0.25) is 0 Å². The van der Waals surface area contributed by atoms with Gasteiger partial charge in [-0.25, -0.2) is 0 Å². The number of nitrogens with one attached hydrogen (secondary N) is 1. The van der Waals surface area contributed by atoms with Crippen molar-refractivity contribution in [1.82, 2.24) is 0 Å². The van der Waals surface area contributed by atoms with E-state index < -0.39 is 0 Å². The van der Waals surface area contributed by atoms with Gasteiger partial charge in [0.15, 0.2) is 0 Å². The number of rotatable bonds is 4. The van der Waals surface area contributed by atoms with Crippen LogP contribution >= 0.6 is 0 Å². The van der Waals surface area contributed by atoms with Crippen LogP contribution in [-0.2, 0) is 0 Å². The maximum Gasteiger partial charge on any atom is 0.147 e. The summed E-state index contributed by atoms with van der Waals surface area (Å²) in [6.07, 6.45) is 0. The summed E-state index contributed by atoms with van der Waals surface area (Å²) in [5.41, 5.74) is 1.30. The van der Waals surface area contributed by atoms with Gasteiger partial charge in [-0.3, -0.25) is 0 Å². The van der Waals surface area contributed by atoms with Gasteiger partial charge in [0.05, 0.1) is 25.9 Å². The van der Waals surface area contributed by atoms with Crippen molar-refractivity contribution >= 4 is 5.69 Å². The zero-order chi connectivity index (χ0) is 11.3. The Labute approximate surface area is 89.4 Å². The van der Waals surface area contributed by atoms with Crippen molar-refractivity contribution in [2.45, 2.75) is 6.92 Å². The van der Waals surface area contributed by atoms with Crippen molar-refractivity contribution in [3.05, 3.63) is 17.7 Å². The number of hydrogen-bond acceptors (Lipinski definition) is 4. The van der Waals surface area contributed by atoms with Gasteiger partial charge >= 0.3 is 0 Å². The van der Waals surface area contributed by atoms with Crippen molar-refractivity contribution in [1.29, 1.82) is 5.26 Å². The Kier molecular flexibility index (Phi) is 3.81. The molecule has 80 valence electrons. The molecular formula is C11H14N2O2. The van der Waals surface area contributed by atoms with Crippen LogP contribution in [-0.4, -0.2) is 20.8 Å². The molecule has 1 N–H and O–H groups in total. The van der Waals surface area contributed by atoms with Gasteiger partial charge in [0.2, 0.25) is 0 Å². The minimum atomic E-state index is 0.519. The molecule has 0 fully saturated rings. The zero-order valence-corrected chi connectivity index (χ0v) is 9.13. The normalized spacial score (nSPS) is 9.20. The first-order chi connectivity index (χ1) is 7.26. The molecule has 4 nitrogen and oxygen atoms in total. The minimum Gasteiger partial charge on any atom is -0.494 e. The number of benzene rings is 1. The second kappa shape index (κ2) is 5.11. The highest BCUT2D eigenvalue weighted by Crippen LogP contribution is 2.35. The first-order valence-corrected chi connectivity index (χ1v) is 4.66. The van der Waals surface area contributed by atoms with Crippen LogP contribution in [0.3, 0.4) is 0 Å². The largest absolute Gasteiger partial charge is 0.494 e. The van der Waals surface area contributed by atoms with Crippen LogP contribution in [0.25, 0.3) is 0 Å². The maximum absolute atomic E-state index is 8.82. The van der Waals surface area contributed by atoms with Gasteiger partial charge in [0, 0.05) is 18.7 Å². The molecule has 0 aliphatic rings. The number of nitrogens with zero attached hydrogens (tertiary/aromatic N) is 1. The van der Waals surface area contributed by atoms with Gasteiger partial charge in [0.1, 0.15) is 17.2 Å². The standard InChI is InChI=1S/C11H14N2O2/c1-4-13-11-9(14-2)5-8(7-12)6-10(11)15-3/h5-6,13H,4H2,1-3H3. The summed E-state index contributed by atoms with van der Waals surface area (Å²) in [4.78, 5) is 0. The van der Waals surface area contributed by atoms with Crippen molar-refractivity contribution in [2.75, 3.05) is 26.1 Å². The molecule has 0 heterocycles. The van der Waals surface area contributed by atoms with Crippen molar-refractivity contribution in [3.63, 3.8) is 0 Å². The van der Waals surface area contributed by atoms with Crippen molar-refractivity contribution < 1.29 is 9.47 Å². The monoisotopic (exact) mass is 206 g/mol. The third-order valence-corrected chi connectivity index (χ3v) is 1.99. The number of ether oxygens (including phenoxy) is 2. The third kappa shape index (κ3) is 2.32. The van der Waals surface area contributed by atoms with Crippen LogP contribution in [0.1, 0.15) is 12.5 Å². The Morgan fingerprint density at radius 2 is 1.80 bits per heavy atom. The molecule has 0 bridgehead atoms. The van der Waals surface area contributed by atoms with Crippen molar-refractivity contribution in [3.8, 4) is 17.6 Å². The molecule has 0 amide bonds. The summed E-state index contributed by atoms with van der Waals surface area (Å²) >= 11 is 0. The van der Waals surface area contributed by atoms with E-state index in [0.717, 1.165) is 12.2 Å². The molecule has 0 aliphatic heterocycles. The van der Waals surface area contributed by atoms with Crippen LogP contribution in [0, 0.1) is 11.3 Å². The molecule has 0 saturated heterocycles. The molecule has 0 radical (unpaired) electrons. The van der Waals surface area contributed by atoms with E-state index in [4.69, 9.17) is 14.7 Å². The molecule has 1 aromatic rings. The predicted octanol–water partition coefficient (Wildman–Crippen LogP) is 2.01. The van der Waals surface area contributed by atoms with Crippen molar-refractivity contribution in [2.24, 2.45) is 0 Å². The van der Waals surface area contributed by atoms with E-state index in [-0.39, 0.29) is 0 Å². The fourth-order valence-corrected chi connectivity index (χ4v) is 1.33. The zero-order valence-electron chi connectivity index (χ0n) is 9.13. The van der Waals surface area contributed by atoms with Crippen LogP contribution < -0.4 is 14.8 Å². The van der Waals surface area contributed by atoms with E-state index in [9.17, 15) is 0 Å². The molecule has 0 saturated carbocycles. The lowest BCUT2D eigenvalue weighted by atomic mass is 10.2. The highest BCUT2D eigenvalue weighted by molar-refractivity contribution is 5.68. The third-order valence-electron chi connectivity index (χ3n) is 1.99.